The molecule has 2 saturated heterocycles. The van der Waals surface area contributed by atoms with Gasteiger partial charge < -0.3 is 15.3 Å². The summed E-state index contributed by atoms with van der Waals surface area (Å²) in [7, 11) is -2.93. The van der Waals surface area contributed by atoms with Gasteiger partial charge in [0.15, 0.2) is 0 Å². The van der Waals surface area contributed by atoms with Crippen LogP contribution in [0.15, 0.2) is 0 Å². The van der Waals surface area contributed by atoms with Crippen LogP contribution >= 0.6 is 0 Å². The Hall–Kier alpha value is -1.31. The van der Waals surface area contributed by atoms with Crippen LogP contribution in [0.5, 0.6) is 0 Å². The molecule has 0 bridgehead atoms. The number of nitrogens with zero attached hydrogens (tertiary/aromatic N) is 1. The fraction of sp³-hybridized carbons (Fsp3) is 0.846. The van der Waals surface area contributed by atoms with E-state index in [2.05, 4.69) is 5.32 Å². The number of carbonyl (C=O) groups excluding carboxylic acids is 1. The van der Waals surface area contributed by atoms with Crippen molar-refractivity contribution in [3.8, 4) is 0 Å². The molecular formula is C13H22N2O5S. The number of carboxylic acid groups (broad SMARTS) is 1. The number of carbonyl (C=O) groups is 2. The summed E-state index contributed by atoms with van der Waals surface area (Å²) < 4.78 is 22.7. The summed E-state index contributed by atoms with van der Waals surface area (Å²) in [5, 5.41) is 12.0. The van der Waals surface area contributed by atoms with Gasteiger partial charge in [-0.05, 0) is 32.6 Å². The van der Waals surface area contributed by atoms with Crippen molar-refractivity contribution in [1.29, 1.82) is 0 Å². The summed E-state index contributed by atoms with van der Waals surface area (Å²) in [5.74, 6) is -0.579. The second-order valence-electron chi connectivity index (χ2n) is 6.23. The number of nitrogens with one attached hydrogen (secondary N) is 1. The largest absolute Gasteiger partial charge is 0.481 e. The van der Waals surface area contributed by atoms with Crippen molar-refractivity contribution in [2.45, 2.75) is 38.6 Å². The van der Waals surface area contributed by atoms with Gasteiger partial charge in [0, 0.05) is 19.1 Å². The van der Waals surface area contributed by atoms with E-state index in [1.54, 1.807) is 11.8 Å². The van der Waals surface area contributed by atoms with E-state index >= 15 is 0 Å². The Labute approximate surface area is 124 Å². The highest BCUT2D eigenvalue weighted by atomic mass is 32.2. The van der Waals surface area contributed by atoms with E-state index in [0.717, 1.165) is 0 Å². The Morgan fingerprint density at radius 2 is 1.71 bits per heavy atom. The zero-order valence-electron chi connectivity index (χ0n) is 12.2. The highest BCUT2D eigenvalue weighted by Crippen LogP contribution is 2.31. The van der Waals surface area contributed by atoms with E-state index in [4.69, 9.17) is 5.11 Å². The van der Waals surface area contributed by atoms with Gasteiger partial charge in [0.05, 0.1) is 16.9 Å². The highest BCUT2D eigenvalue weighted by Gasteiger charge is 2.38. The van der Waals surface area contributed by atoms with Crippen LogP contribution in [0.3, 0.4) is 0 Å². The first-order valence-electron chi connectivity index (χ1n) is 7.21. The minimum Gasteiger partial charge on any atom is -0.481 e. The molecule has 0 atom stereocenters. The number of likely N-dealkylation sites (tertiary alicyclic amines) is 1. The molecule has 2 amide bonds. The van der Waals surface area contributed by atoms with E-state index in [1.807, 2.05) is 0 Å². The highest BCUT2D eigenvalue weighted by molar-refractivity contribution is 7.91. The molecule has 2 aliphatic rings. The number of carboxylic acids is 1. The molecule has 2 aliphatic heterocycles. The molecule has 2 heterocycles. The lowest BCUT2D eigenvalue weighted by Gasteiger charge is -2.37. The Morgan fingerprint density at radius 1 is 1.19 bits per heavy atom. The molecule has 0 radical (unpaired) electrons. The molecule has 0 spiro atoms. The second-order valence-corrected chi connectivity index (χ2v) is 8.53. The molecule has 0 saturated carbocycles. The van der Waals surface area contributed by atoms with Crippen molar-refractivity contribution in [3.05, 3.63) is 0 Å². The lowest BCUT2D eigenvalue weighted by molar-refractivity contribution is -0.150. The van der Waals surface area contributed by atoms with Gasteiger partial charge in [0.1, 0.15) is 9.84 Å². The average Bonchev–Trinajstić information content (AvgIpc) is 2.42. The number of sulfone groups is 1. The van der Waals surface area contributed by atoms with Crippen LogP contribution in [-0.4, -0.2) is 61.1 Å². The Kier molecular flexibility index (Phi) is 4.46. The SMILES string of the molecule is CC1(C(=O)O)CCN(C(=O)NC2CCS(=O)(=O)CC2)CC1. The summed E-state index contributed by atoms with van der Waals surface area (Å²) in [6.45, 7) is 2.54. The number of hydrogen-bond donors (Lipinski definition) is 2. The fourth-order valence-corrected chi connectivity index (χ4v) is 4.21. The minimum absolute atomic E-state index is 0.103. The molecule has 8 heteroatoms. The molecule has 2 N–H and O–H groups in total. The molecule has 0 aliphatic carbocycles. The van der Waals surface area contributed by atoms with Crippen LogP contribution in [-0.2, 0) is 14.6 Å². The van der Waals surface area contributed by atoms with Crippen LogP contribution in [0.25, 0.3) is 0 Å². The Balaban J connectivity index is 1.82. The average molecular weight is 318 g/mol. The van der Waals surface area contributed by atoms with Crippen molar-refractivity contribution in [2.24, 2.45) is 5.41 Å². The maximum Gasteiger partial charge on any atom is 0.317 e. The topological polar surface area (TPSA) is 104 Å². The van der Waals surface area contributed by atoms with E-state index in [0.29, 0.717) is 38.8 Å². The first-order valence-corrected chi connectivity index (χ1v) is 9.03. The molecule has 2 fully saturated rings. The molecule has 0 aromatic carbocycles. The summed E-state index contributed by atoms with van der Waals surface area (Å²) in [5.41, 5.74) is -0.754. The number of amides is 2. The summed E-state index contributed by atoms with van der Waals surface area (Å²) >= 11 is 0. The molecule has 120 valence electrons. The number of hydrogen-bond acceptors (Lipinski definition) is 4. The Bertz CT molecular complexity index is 509. The lowest BCUT2D eigenvalue weighted by atomic mass is 9.80. The van der Waals surface area contributed by atoms with Crippen molar-refractivity contribution in [1.82, 2.24) is 10.2 Å². The normalized spacial score (nSPS) is 25.3. The maximum absolute atomic E-state index is 12.1. The minimum atomic E-state index is -2.93. The fourth-order valence-electron chi connectivity index (χ4n) is 2.72. The maximum atomic E-state index is 12.1. The zero-order chi connectivity index (χ0) is 15.7. The van der Waals surface area contributed by atoms with Crippen LogP contribution in [0.2, 0.25) is 0 Å². The predicted molar refractivity (Wildman–Crippen MR) is 76.8 cm³/mol. The Morgan fingerprint density at radius 3 is 2.19 bits per heavy atom. The third-order valence-corrected chi connectivity index (χ3v) is 6.27. The molecule has 0 aromatic rings. The third kappa shape index (κ3) is 3.87. The molecule has 7 nitrogen and oxygen atoms in total. The van der Waals surface area contributed by atoms with Gasteiger partial charge in [0.25, 0.3) is 0 Å². The molecule has 0 unspecified atom stereocenters. The summed E-state index contributed by atoms with van der Waals surface area (Å²) in [6, 6.07) is -0.319. The van der Waals surface area contributed by atoms with E-state index in [9.17, 15) is 18.0 Å². The second kappa shape index (κ2) is 5.82. The zero-order valence-corrected chi connectivity index (χ0v) is 13.0. The quantitative estimate of drug-likeness (QED) is 0.770. The van der Waals surface area contributed by atoms with E-state index in [-0.39, 0.29) is 23.6 Å². The van der Waals surface area contributed by atoms with Gasteiger partial charge in [-0.25, -0.2) is 13.2 Å². The third-order valence-electron chi connectivity index (χ3n) is 4.55. The number of piperidine rings is 1. The van der Waals surface area contributed by atoms with E-state index < -0.39 is 21.2 Å². The molecule has 21 heavy (non-hydrogen) atoms. The first-order chi connectivity index (χ1) is 9.72. The van der Waals surface area contributed by atoms with Gasteiger partial charge in [-0.2, -0.15) is 0 Å². The number of urea groups is 1. The molecule has 0 aromatic heterocycles. The predicted octanol–water partition coefficient (Wildman–Crippen LogP) is 0.460. The van der Waals surface area contributed by atoms with Crippen molar-refractivity contribution in [2.75, 3.05) is 24.6 Å². The smallest absolute Gasteiger partial charge is 0.317 e. The van der Waals surface area contributed by atoms with Crippen LogP contribution in [0.4, 0.5) is 4.79 Å². The van der Waals surface area contributed by atoms with Gasteiger partial charge in [-0.3, -0.25) is 4.79 Å². The lowest BCUT2D eigenvalue weighted by Crippen LogP contribution is -2.52. The van der Waals surface area contributed by atoms with Crippen LogP contribution < -0.4 is 5.32 Å². The van der Waals surface area contributed by atoms with Crippen LogP contribution in [0, 0.1) is 5.41 Å². The monoisotopic (exact) mass is 318 g/mol. The van der Waals surface area contributed by atoms with Crippen molar-refractivity contribution < 1.29 is 23.1 Å². The number of aliphatic carboxylic acids is 1. The number of rotatable bonds is 2. The standard InChI is InChI=1S/C13H22N2O5S/c1-13(11(16)17)4-6-15(7-5-13)12(18)14-10-2-8-21(19,20)9-3-10/h10H,2-9H2,1H3,(H,14,18)(H,16,17). The summed E-state index contributed by atoms with van der Waals surface area (Å²) in [4.78, 5) is 24.9. The van der Waals surface area contributed by atoms with Gasteiger partial charge in [-0.1, -0.05) is 0 Å². The first kappa shape index (κ1) is 16.1. The van der Waals surface area contributed by atoms with E-state index in [1.165, 1.54) is 0 Å². The summed E-state index contributed by atoms with van der Waals surface area (Å²) in [6.07, 6.45) is 1.78. The van der Waals surface area contributed by atoms with Crippen LogP contribution in [0.1, 0.15) is 32.6 Å². The van der Waals surface area contributed by atoms with Gasteiger partial charge in [-0.15, -0.1) is 0 Å². The molecule has 2 rings (SSSR count). The van der Waals surface area contributed by atoms with Crippen molar-refractivity contribution in [3.63, 3.8) is 0 Å². The molecular weight excluding hydrogens is 296 g/mol. The van der Waals surface area contributed by atoms with Gasteiger partial charge in [0.2, 0.25) is 0 Å². The van der Waals surface area contributed by atoms with Gasteiger partial charge >= 0.3 is 12.0 Å². The van der Waals surface area contributed by atoms with Crippen molar-refractivity contribution >= 4 is 21.8 Å².